The maximum atomic E-state index is 8.35. The van der Waals surface area contributed by atoms with Gasteiger partial charge in [-0.3, -0.25) is 5.41 Å². The summed E-state index contributed by atoms with van der Waals surface area (Å²) in [5.74, 6) is 0.658. The lowest BCUT2D eigenvalue weighted by Crippen LogP contribution is -2.51. The highest BCUT2D eigenvalue weighted by atomic mass is 16.5. The summed E-state index contributed by atoms with van der Waals surface area (Å²) in [6, 6.07) is 10.4. The molecule has 90 valence electrons. The van der Waals surface area contributed by atoms with Crippen molar-refractivity contribution in [1.29, 1.82) is 5.41 Å². The third kappa shape index (κ3) is 1.95. The lowest BCUT2D eigenvalue weighted by molar-refractivity contribution is -0.0293. The van der Waals surface area contributed by atoms with E-state index >= 15 is 0 Å². The molecule has 2 fully saturated rings. The van der Waals surface area contributed by atoms with E-state index < -0.39 is 0 Å². The fraction of sp³-hybridized carbons (Fsp3) is 0.500. The molecule has 3 nitrogen and oxygen atoms in total. The molecule has 1 aromatic carbocycles. The quantitative estimate of drug-likeness (QED) is 0.593. The van der Waals surface area contributed by atoms with Gasteiger partial charge < -0.3 is 9.64 Å². The number of hydrogen-bond donors (Lipinski definition) is 1. The van der Waals surface area contributed by atoms with Gasteiger partial charge in [-0.25, -0.2) is 0 Å². The number of rotatable bonds is 1. The van der Waals surface area contributed by atoms with Crippen LogP contribution in [0.4, 0.5) is 0 Å². The van der Waals surface area contributed by atoms with Crippen LogP contribution in [0.1, 0.15) is 24.8 Å². The molecular formula is C14H18N2O. The molecule has 1 N–H and O–H groups in total. The highest BCUT2D eigenvalue weighted by Crippen LogP contribution is 2.30. The van der Waals surface area contributed by atoms with Crippen molar-refractivity contribution in [2.24, 2.45) is 0 Å². The van der Waals surface area contributed by atoms with Gasteiger partial charge in [0, 0.05) is 12.1 Å². The molecule has 0 amide bonds. The summed E-state index contributed by atoms with van der Waals surface area (Å²) in [4.78, 5) is 2.23. The lowest BCUT2D eigenvalue weighted by atomic mass is 10.1. The van der Waals surface area contributed by atoms with Crippen molar-refractivity contribution in [3.8, 4) is 0 Å². The Morgan fingerprint density at radius 3 is 2.88 bits per heavy atom. The lowest BCUT2D eigenvalue weighted by Gasteiger charge is -2.39. The van der Waals surface area contributed by atoms with Crippen LogP contribution in [0.2, 0.25) is 0 Å². The molecule has 1 aliphatic heterocycles. The van der Waals surface area contributed by atoms with Gasteiger partial charge in [0.1, 0.15) is 5.84 Å². The van der Waals surface area contributed by atoms with Crippen molar-refractivity contribution in [1.82, 2.24) is 4.90 Å². The molecule has 3 heteroatoms. The first-order valence-electron chi connectivity index (χ1n) is 6.38. The highest BCUT2D eigenvalue weighted by molar-refractivity contribution is 5.96. The zero-order valence-electron chi connectivity index (χ0n) is 9.93. The minimum absolute atomic E-state index is 0.354. The Morgan fingerprint density at radius 2 is 2.06 bits per heavy atom. The van der Waals surface area contributed by atoms with Crippen LogP contribution in [0.15, 0.2) is 30.3 Å². The molecule has 1 saturated heterocycles. The Morgan fingerprint density at radius 1 is 1.24 bits per heavy atom. The summed E-state index contributed by atoms with van der Waals surface area (Å²) in [7, 11) is 0. The van der Waals surface area contributed by atoms with Crippen LogP contribution in [0, 0.1) is 5.41 Å². The standard InChI is InChI=1S/C14H18N2O/c15-14(11-5-2-1-3-6-11)16-9-10-17-13-8-4-7-12(13)16/h1-3,5-6,12-13,15H,4,7-10H2. The van der Waals surface area contributed by atoms with Crippen LogP contribution in [-0.2, 0) is 4.74 Å². The summed E-state index contributed by atoms with van der Waals surface area (Å²) in [6.45, 7) is 1.62. The number of fused-ring (bicyclic) bond motifs is 1. The molecule has 17 heavy (non-hydrogen) atoms. The Bertz CT molecular complexity index is 404. The smallest absolute Gasteiger partial charge is 0.128 e. The van der Waals surface area contributed by atoms with Gasteiger partial charge in [-0.1, -0.05) is 30.3 Å². The minimum atomic E-state index is 0.354. The third-order valence-corrected chi connectivity index (χ3v) is 3.82. The molecule has 2 atom stereocenters. The zero-order chi connectivity index (χ0) is 11.7. The van der Waals surface area contributed by atoms with E-state index in [1.807, 2.05) is 30.3 Å². The maximum absolute atomic E-state index is 8.35. The van der Waals surface area contributed by atoms with E-state index in [4.69, 9.17) is 10.1 Å². The van der Waals surface area contributed by atoms with E-state index in [1.165, 1.54) is 12.8 Å². The van der Waals surface area contributed by atoms with Crippen LogP contribution in [0.3, 0.4) is 0 Å². The molecule has 1 aliphatic carbocycles. The van der Waals surface area contributed by atoms with Gasteiger partial charge in [0.05, 0.1) is 18.8 Å². The predicted molar refractivity (Wildman–Crippen MR) is 67.4 cm³/mol. The molecule has 0 radical (unpaired) electrons. The summed E-state index contributed by atoms with van der Waals surface area (Å²) in [5, 5.41) is 8.35. The van der Waals surface area contributed by atoms with Gasteiger partial charge in [-0.2, -0.15) is 0 Å². The van der Waals surface area contributed by atoms with E-state index in [0.29, 0.717) is 18.0 Å². The van der Waals surface area contributed by atoms with Crippen LogP contribution < -0.4 is 0 Å². The summed E-state index contributed by atoms with van der Waals surface area (Å²) in [6.07, 6.45) is 3.91. The summed E-state index contributed by atoms with van der Waals surface area (Å²) < 4.78 is 5.78. The first-order valence-corrected chi connectivity index (χ1v) is 6.38. The average Bonchev–Trinajstić information content (AvgIpc) is 2.87. The molecule has 0 spiro atoms. The van der Waals surface area contributed by atoms with E-state index in [2.05, 4.69) is 4.90 Å². The van der Waals surface area contributed by atoms with Gasteiger partial charge in [-0.15, -0.1) is 0 Å². The van der Waals surface area contributed by atoms with Crippen molar-refractivity contribution >= 4 is 5.84 Å². The van der Waals surface area contributed by atoms with Gasteiger partial charge in [0.2, 0.25) is 0 Å². The first kappa shape index (κ1) is 10.8. The highest BCUT2D eigenvalue weighted by Gasteiger charge is 2.37. The monoisotopic (exact) mass is 230 g/mol. The van der Waals surface area contributed by atoms with Crippen molar-refractivity contribution in [2.45, 2.75) is 31.4 Å². The van der Waals surface area contributed by atoms with Gasteiger partial charge in [0.25, 0.3) is 0 Å². The van der Waals surface area contributed by atoms with E-state index in [9.17, 15) is 0 Å². The molecule has 2 aliphatic rings. The number of nitrogens with one attached hydrogen (secondary N) is 1. The molecule has 1 aromatic rings. The van der Waals surface area contributed by atoms with Crippen molar-refractivity contribution in [2.75, 3.05) is 13.2 Å². The number of ether oxygens (including phenoxy) is 1. The second-order valence-electron chi connectivity index (χ2n) is 4.82. The fourth-order valence-electron chi connectivity index (χ4n) is 2.97. The number of benzene rings is 1. The summed E-state index contributed by atoms with van der Waals surface area (Å²) >= 11 is 0. The molecule has 0 bridgehead atoms. The normalized spacial score (nSPS) is 27.9. The predicted octanol–water partition coefficient (Wildman–Crippen LogP) is 2.27. The van der Waals surface area contributed by atoms with Crippen LogP contribution in [-0.4, -0.2) is 36.0 Å². The van der Waals surface area contributed by atoms with Crippen molar-refractivity contribution < 1.29 is 4.74 Å². The van der Waals surface area contributed by atoms with Crippen LogP contribution >= 0.6 is 0 Å². The first-order chi connectivity index (χ1) is 8.36. The second-order valence-corrected chi connectivity index (χ2v) is 4.82. The molecule has 3 rings (SSSR count). The number of morpholine rings is 1. The minimum Gasteiger partial charge on any atom is -0.374 e. The topological polar surface area (TPSA) is 36.3 Å². The van der Waals surface area contributed by atoms with E-state index in [0.717, 1.165) is 25.1 Å². The third-order valence-electron chi connectivity index (χ3n) is 3.82. The molecule has 0 aromatic heterocycles. The van der Waals surface area contributed by atoms with Gasteiger partial charge >= 0.3 is 0 Å². The van der Waals surface area contributed by atoms with Crippen LogP contribution in [0.5, 0.6) is 0 Å². The summed E-state index contributed by atoms with van der Waals surface area (Å²) in [5.41, 5.74) is 1.01. The average molecular weight is 230 g/mol. The molecule has 1 heterocycles. The van der Waals surface area contributed by atoms with Gasteiger partial charge in [-0.05, 0) is 19.3 Å². The number of amidine groups is 1. The number of nitrogens with zero attached hydrogens (tertiary/aromatic N) is 1. The Hall–Kier alpha value is -1.35. The van der Waals surface area contributed by atoms with E-state index in [-0.39, 0.29) is 0 Å². The molecular weight excluding hydrogens is 212 g/mol. The SMILES string of the molecule is N=C(c1ccccc1)N1CCOC2CCCC21. The largest absolute Gasteiger partial charge is 0.374 e. The Kier molecular flexibility index (Phi) is 2.85. The van der Waals surface area contributed by atoms with Crippen molar-refractivity contribution in [3.05, 3.63) is 35.9 Å². The second kappa shape index (κ2) is 4.49. The van der Waals surface area contributed by atoms with Crippen molar-refractivity contribution in [3.63, 3.8) is 0 Å². The maximum Gasteiger partial charge on any atom is 0.128 e. The van der Waals surface area contributed by atoms with Gasteiger partial charge in [0.15, 0.2) is 0 Å². The molecule has 2 unspecified atom stereocenters. The number of hydrogen-bond acceptors (Lipinski definition) is 2. The Balaban J connectivity index is 1.81. The zero-order valence-corrected chi connectivity index (χ0v) is 9.93. The fourth-order valence-corrected chi connectivity index (χ4v) is 2.97. The van der Waals surface area contributed by atoms with E-state index in [1.54, 1.807) is 0 Å². The Labute approximate surface area is 102 Å². The molecule has 1 saturated carbocycles. The van der Waals surface area contributed by atoms with Crippen LogP contribution in [0.25, 0.3) is 0 Å².